The molecule has 4 aliphatic heterocycles. The maximum Gasteiger partial charge on any atom is 0.524 e. The van der Waals surface area contributed by atoms with E-state index in [1.165, 1.54) is 28.0 Å². The second-order valence-electron chi connectivity index (χ2n) is 22.8. The minimum atomic E-state index is -4.85. The molecular formula is C57H69Ac2F2N4O15PS2-2. The number of phosphoric acid groups is 1. The van der Waals surface area contributed by atoms with Crippen LogP contribution in [0.5, 0.6) is 5.75 Å². The fourth-order valence-corrected chi connectivity index (χ4v) is 14.9. The zero-order valence-electron chi connectivity index (χ0n) is 47.7. The van der Waals surface area contributed by atoms with Crippen LogP contribution in [-0.2, 0) is 54.1 Å². The summed E-state index contributed by atoms with van der Waals surface area (Å²) in [5.74, 6) is -2.15. The molecule has 4 saturated heterocycles. The first-order chi connectivity index (χ1) is 37.7. The number of halogens is 2. The van der Waals surface area contributed by atoms with Crippen molar-refractivity contribution in [2.24, 2.45) is 0 Å². The number of phosphoric ester groups is 1. The Balaban J connectivity index is 0.000000298. The van der Waals surface area contributed by atoms with Gasteiger partial charge in [-0.3, -0.25) is 24.4 Å². The molecule has 2 radical (unpaired) electrons. The molecule has 4 amide bonds. The molecule has 2 atom stereocenters. The first kappa shape index (κ1) is 70.4. The van der Waals surface area contributed by atoms with Gasteiger partial charge >= 0.3 is 20.0 Å². The average molecular weight is 1640 g/mol. The van der Waals surface area contributed by atoms with Crippen molar-refractivity contribution in [1.82, 2.24) is 0 Å². The Bertz CT molecular complexity index is 3370. The van der Waals surface area contributed by atoms with Crippen LogP contribution < -0.4 is 14.3 Å². The van der Waals surface area contributed by atoms with Crippen LogP contribution in [0.2, 0.25) is 0 Å². The first-order valence-corrected chi connectivity index (χ1v) is 31.7. The summed E-state index contributed by atoms with van der Waals surface area (Å²) < 4.78 is 104. The third-order valence-electron chi connectivity index (χ3n) is 15.1. The molecule has 4 aromatic rings. The van der Waals surface area contributed by atoms with Crippen molar-refractivity contribution in [3.05, 3.63) is 133 Å². The third-order valence-corrected chi connectivity index (χ3v) is 19.0. The summed E-state index contributed by atoms with van der Waals surface area (Å²) in [6, 6.07) is 16.0. The zero-order valence-corrected chi connectivity index (χ0v) is 59.7. The Hall–Kier alpha value is -3.38. The second kappa shape index (κ2) is 28.6. The fraction of sp³-hybridized carbons (Fsp3) is 0.491. The average Bonchev–Trinajstić information content (AvgIpc) is 4.08. The van der Waals surface area contributed by atoms with Gasteiger partial charge in [0.05, 0.1) is 59.3 Å². The predicted octanol–water partition coefficient (Wildman–Crippen LogP) is 9.94. The number of sulfone groups is 2. The maximum atomic E-state index is 15.0. The fourth-order valence-electron chi connectivity index (χ4n) is 11.6. The van der Waals surface area contributed by atoms with Gasteiger partial charge in [-0.1, -0.05) is 70.6 Å². The third kappa shape index (κ3) is 18.6. The van der Waals surface area contributed by atoms with Gasteiger partial charge in [-0.15, -0.1) is 0 Å². The first-order valence-electron chi connectivity index (χ1n) is 26.5. The Kier molecular flexibility index (Phi) is 24.3. The molecule has 0 aromatic heterocycles. The van der Waals surface area contributed by atoms with Gasteiger partial charge in [0.2, 0.25) is 0 Å². The number of ether oxygens (including phenoxy) is 2. The maximum absolute atomic E-state index is 15.0. The number of rotatable bonds is 17. The molecule has 0 spiro atoms. The molecule has 0 aliphatic carbocycles. The number of aryl methyl sites for hydroxylation is 4. The quantitative estimate of drug-likeness (QED) is 0.0735. The van der Waals surface area contributed by atoms with Crippen LogP contribution in [0.25, 0.3) is 10.6 Å². The minimum absolute atomic E-state index is 0. The Morgan fingerprint density at radius 2 is 1.05 bits per heavy atom. The molecule has 0 saturated carbocycles. The molecule has 0 unspecified atom stereocenters. The number of carbonyl (C=O) groups excluding carboxylic acids is 5. The molecule has 0 bridgehead atoms. The topological polar surface area (TPSA) is 274 Å². The van der Waals surface area contributed by atoms with Crippen molar-refractivity contribution in [3.63, 3.8) is 0 Å². The standard InChI is InChI=1S/C29H35FN2O6S.C28H36FN2O9PS.2Ac/c1-18-11-19(2)27(21(12-18)17-33)29(3,4)14-26(34)31-15-23-16-32(28(35)38-23)22-5-6-24(25(30)13-22)20-7-9-39(36,37)10-8-20;1-17-11-18(2)26(24(12-17)40-41(34,35)36)28(3,4)14-25(32)30-15-21-16-31(27(33)39-21)20-5-6-22(23(29)13-20)19-7-9-42(37,38)10-8-19;;/h5-6,11-13,17,20,23H,7-10,14-16H2,1-4H3,(H,31,34);5-6,11-13,19,21H,7-10,14-16H2,1-4H3,(H3,30,32,34,35,36);;/p-2/t23-;21-;;/m00../s1. The van der Waals surface area contributed by atoms with E-state index in [0.29, 0.717) is 59.2 Å². The van der Waals surface area contributed by atoms with Crippen LogP contribution in [-0.4, -0.2) is 118 Å². The van der Waals surface area contributed by atoms with Crippen LogP contribution in [0.1, 0.15) is 133 Å². The van der Waals surface area contributed by atoms with Gasteiger partial charge in [0.25, 0.3) is 0 Å². The molecule has 83 heavy (non-hydrogen) atoms. The summed E-state index contributed by atoms with van der Waals surface area (Å²) >= 11 is 0. The number of cyclic esters (lactones) is 2. The van der Waals surface area contributed by atoms with E-state index in [2.05, 4.69) is 10.6 Å². The SMILES string of the molecule is Cc1cc(C)c(C(C)(C)CC(=O)[N-]C[C@H]2CN(c3ccc(C4CCS(=O)(=O)CC4)c(F)c3)C(=O)O2)c(C=O)c1.Cc1cc(C)c(C(C)(C)CC(=O)[N-]C[C@H]2CN(c3ccc(C4CCS(=O)(=O)CC4)c(F)c3)C(=O)O2)c(OP(=O)(O)O)c1.[Ac].[Ac]. The van der Waals surface area contributed by atoms with Gasteiger partial charge in [-0.2, -0.15) is 0 Å². The van der Waals surface area contributed by atoms with E-state index < -0.39 is 80.3 Å². The minimum Gasteiger partial charge on any atom is -0.650 e. The van der Waals surface area contributed by atoms with E-state index in [-0.39, 0.29) is 179 Å². The summed E-state index contributed by atoms with van der Waals surface area (Å²) in [7, 11) is -11.0. The van der Waals surface area contributed by atoms with Gasteiger partial charge in [0, 0.05) is 99.3 Å². The number of nitrogens with zero attached hydrogens (tertiary/aromatic N) is 4. The summed E-state index contributed by atoms with van der Waals surface area (Å²) in [4.78, 5) is 83.7. The van der Waals surface area contributed by atoms with Gasteiger partial charge in [-0.05, 0) is 159 Å². The van der Waals surface area contributed by atoms with Crippen LogP contribution in [0, 0.1) is 127 Å². The Morgan fingerprint density at radius 1 is 0.663 bits per heavy atom. The van der Waals surface area contributed by atoms with Crippen molar-refractivity contribution in [2.45, 2.75) is 129 Å². The van der Waals surface area contributed by atoms with Crippen molar-refractivity contribution in [2.75, 3.05) is 59.0 Å². The van der Waals surface area contributed by atoms with E-state index >= 15 is 0 Å². The van der Waals surface area contributed by atoms with Crippen LogP contribution in [0.3, 0.4) is 0 Å². The number of carbonyl (C=O) groups is 5. The van der Waals surface area contributed by atoms with Crippen LogP contribution in [0.4, 0.5) is 29.7 Å². The molecule has 19 nitrogen and oxygen atoms in total. The predicted molar refractivity (Wildman–Crippen MR) is 301 cm³/mol. The largest absolute Gasteiger partial charge is 0.650 e. The molecule has 4 aliphatic rings. The van der Waals surface area contributed by atoms with Crippen molar-refractivity contribution in [3.8, 4) is 5.75 Å². The summed E-state index contributed by atoms with van der Waals surface area (Å²) in [6.07, 6.45) is -0.533. The van der Waals surface area contributed by atoms with Gasteiger partial charge in [0.15, 0.2) is 0 Å². The van der Waals surface area contributed by atoms with Crippen LogP contribution in [0.15, 0.2) is 60.7 Å². The molecular weight excluding hydrogens is 1570 g/mol. The number of anilines is 2. The molecule has 4 aromatic carbocycles. The molecule has 2 N–H and O–H groups in total. The number of benzene rings is 4. The van der Waals surface area contributed by atoms with Crippen molar-refractivity contribution in [1.29, 1.82) is 0 Å². The van der Waals surface area contributed by atoms with E-state index in [1.807, 2.05) is 39.8 Å². The smallest absolute Gasteiger partial charge is 0.524 e. The van der Waals surface area contributed by atoms with Gasteiger partial charge in [0.1, 0.15) is 55.6 Å². The summed E-state index contributed by atoms with van der Waals surface area (Å²) in [5, 5.41) is 8.21. The Morgan fingerprint density at radius 3 is 1.43 bits per heavy atom. The monoisotopic (exact) mass is 1640 g/mol. The van der Waals surface area contributed by atoms with E-state index in [0.717, 1.165) is 28.5 Å². The van der Waals surface area contributed by atoms with Gasteiger partial charge in [-0.25, -0.2) is 39.8 Å². The second-order valence-corrected chi connectivity index (χ2v) is 28.6. The normalized spacial score (nSPS) is 19.0. The number of hydrogen-bond donors (Lipinski definition) is 2. The van der Waals surface area contributed by atoms with Crippen molar-refractivity contribution < 1.29 is 166 Å². The molecule has 26 heteroatoms. The molecule has 446 valence electrons. The number of aldehydes is 1. The Labute approximate surface area is 555 Å². The van der Waals surface area contributed by atoms with E-state index in [9.17, 15) is 63.9 Å². The van der Waals surface area contributed by atoms with Crippen molar-refractivity contribution >= 4 is 69.2 Å². The molecule has 4 heterocycles. The van der Waals surface area contributed by atoms with Gasteiger partial charge < -0.3 is 34.2 Å². The summed E-state index contributed by atoms with van der Waals surface area (Å²) in [5.41, 5.74) is 5.11. The summed E-state index contributed by atoms with van der Waals surface area (Å²) in [6.45, 7) is 14.7. The van der Waals surface area contributed by atoms with Crippen LogP contribution >= 0.6 is 7.82 Å². The number of amides is 4. The molecule has 8 rings (SSSR count). The van der Waals surface area contributed by atoms with E-state index in [1.54, 1.807) is 58.0 Å². The number of hydrogen-bond acceptors (Lipinski definition) is 13. The van der Waals surface area contributed by atoms with E-state index in [4.69, 9.17) is 14.0 Å². The zero-order chi connectivity index (χ0) is 59.6. The molecule has 4 fully saturated rings.